The SMILES string of the molecule is C[C@@H]1Cc2ccccc2N1Cc1cnc(-c2ccccc2)s1. The van der Waals surface area contributed by atoms with Crippen LogP contribution in [-0.4, -0.2) is 11.0 Å². The fourth-order valence-electron chi connectivity index (χ4n) is 3.13. The first kappa shape index (κ1) is 13.5. The van der Waals surface area contributed by atoms with Gasteiger partial charge in [0, 0.05) is 28.4 Å². The average Bonchev–Trinajstić information content (AvgIpc) is 3.14. The van der Waals surface area contributed by atoms with Crippen LogP contribution in [0.25, 0.3) is 10.6 Å². The highest BCUT2D eigenvalue weighted by Gasteiger charge is 2.25. The summed E-state index contributed by atoms with van der Waals surface area (Å²) >= 11 is 1.80. The van der Waals surface area contributed by atoms with E-state index in [1.54, 1.807) is 11.3 Å². The lowest BCUT2D eigenvalue weighted by molar-refractivity contribution is 0.676. The number of aromatic nitrogens is 1. The van der Waals surface area contributed by atoms with Gasteiger partial charge < -0.3 is 4.90 Å². The van der Waals surface area contributed by atoms with Gasteiger partial charge >= 0.3 is 0 Å². The van der Waals surface area contributed by atoms with E-state index < -0.39 is 0 Å². The van der Waals surface area contributed by atoms with Gasteiger partial charge in [0.05, 0.1) is 6.54 Å². The van der Waals surface area contributed by atoms with Crippen LogP contribution in [0.2, 0.25) is 0 Å². The van der Waals surface area contributed by atoms with Gasteiger partial charge in [0.25, 0.3) is 0 Å². The third-order valence-electron chi connectivity index (χ3n) is 4.25. The standard InChI is InChI=1S/C19H18N2S/c1-14-11-16-9-5-6-10-18(16)21(14)13-17-12-20-19(22-17)15-7-3-2-4-8-15/h2-10,12,14H,11,13H2,1H3/t14-/m1/s1. The van der Waals surface area contributed by atoms with Crippen molar-refractivity contribution in [3.63, 3.8) is 0 Å². The molecule has 110 valence electrons. The van der Waals surface area contributed by atoms with Gasteiger partial charge in [0.1, 0.15) is 5.01 Å². The Morgan fingerprint density at radius 1 is 1.09 bits per heavy atom. The highest BCUT2D eigenvalue weighted by Crippen LogP contribution is 2.34. The number of anilines is 1. The third kappa shape index (κ3) is 2.42. The number of rotatable bonds is 3. The monoisotopic (exact) mass is 306 g/mol. The Hall–Kier alpha value is -2.13. The molecule has 3 heteroatoms. The van der Waals surface area contributed by atoms with E-state index in [1.807, 2.05) is 12.3 Å². The summed E-state index contributed by atoms with van der Waals surface area (Å²) in [5, 5.41) is 1.11. The van der Waals surface area contributed by atoms with Crippen molar-refractivity contribution in [3.05, 3.63) is 71.2 Å². The van der Waals surface area contributed by atoms with E-state index in [4.69, 9.17) is 0 Å². The number of para-hydroxylation sites is 1. The highest BCUT2D eigenvalue weighted by molar-refractivity contribution is 7.15. The maximum atomic E-state index is 4.60. The minimum atomic E-state index is 0.555. The van der Waals surface area contributed by atoms with Crippen molar-refractivity contribution in [2.75, 3.05) is 4.90 Å². The quantitative estimate of drug-likeness (QED) is 0.693. The molecular weight excluding hydrogens is 288 g/mol. The Labute approximate surface area is 135 Å². The molecule has 0 fully saturated rings. The van der Waals surface area contributed by atoms with E-state index in [1.165, 1.54) is 21.7 Å². The lowest BCUT2D eigenvalue weighted by atomic mass is 10.1. The van der Waals surface area contributed by atoms with E-state index in [-0.39, 0.29) is 0 Å². The van der Waals surface area contributed by atoms with Crippen LogP contribution in [0.15, 0.2) is 60.8 Å². The molecule has 1 aliphatic rings. The lowest BCUT2D eigenvalue weighted by Crippen LogP contribution is -2.28. The predicted molar refractivity (Wildman–Crippen MR) is 93.3 cm³/mol. The van der Waals surface area contributed by atoms with Gasteiger partial charge in [-0.2, -0.15) is 0 Å². The maximum absolute atomic E-state index is 4.60. The molecule has 0 spiro atoms. The first-order valence-electron chi connectivity index (χ1n) is 7.66. The minimum Gasteiger partial charge on any atom is -0.363 e. The molecule has 0 amide bonds. The third-order valence-corrected chi connectivity index (χ3v) is 5.28. The molecule has 2 nitrogen and oxygen atoms in total. The van der Waals surface area contributed by atoms with Crippen molar-refractivity contribution in [2.45, 2.75) is 25.9 Å². The van der Waals surface area contributed by atoms with Crippen molar-refractivity contribution in [1.29, 1.82) is 0 Å². The summed E-state index contributed by atoms with van der Waals surface area (Å²) in [5.41, 5.74) is 4.04. The molecule has 1 aromatic heterocycles. The van der Waals surface area contributed by atoms with Crippen molar-refractivity contribution in [1.82, 2.24) is 4.98 Å². The fourth-order valence-corrected chi connectivity index (χ4v) is 4.05. The van der Waals surface area contributed by atoms with Gasteiger partial charge in [-0.05, 0) is 25.0 Å². The highest BCUT2D eigenvalue weighted by atomic mass is 32.1. The molecule has 2 heterocycles. The topological polar surface area (TPSA) is 16.1 Å². The number of benzene rings is 2. The molecule has 3 aromatic rings. The Morgan fingerprint density at radius 2 is 1.86 bits per heavy atom. The Morgan fingerprint density at radius 3 is 2.73 bits per heavy atom. The van der Waals surface area contributed by atoms with Crippen molar-refractivity contribution in [2.24, 2.45) is 0 Å². The zero-order chi connectivity index (χ0) is 14.9. The molecule has 1 atom stereocenters. The van der Waals surface area contributed by atoms with E-state index in [0.717, 1.165) is 18.0 Å². The smallest absolute Gasteiger partial charge is 0.123 e. The van der Waals surface area contributed by atoms with Gasteiger partial charge in [-0.15, -0.1) is 11.3 Å². The molecule has 0 N–H and O–H groups in total. The molecule has 1 aliphatic heterocycles. The van der Waals surface area contributed by atoms with E-state index in [2.05, 4.69) is 65.3 Å². The van der Waals surface area contributed by atoms with Crippen LogP contribution in [0.1, 0.15) is 17.4 Å². The van der Waals surface area contributed by atoms with Crippen molar-refractivity contribution in [3.8, 4) is 10.6 Å². The second kappa shape index (κ2) is 5.58. The molecule has 0 aliphatic carbocycles. The Balaban J connectivity index is 1.59. The molecule has 0 saturated carbocycles. The second-order valence-corrected chi connectivity index (χ2v) is 6.92. The number of fused-ring (bicyclic) bond motifs is 1. The van der Waals surface area contributed by atoms with Crippen molar-refractivity contribution >= 4 is 17.0 Å². The number of thiazole rings is 1. The molecule has 0 saturated heterocycles. The first-order valence-corrected chi connectivity index (χ1v) is 8.47. The molecular formula is C19H18N2S. The second-order valence-electron chi connectivity index (χ2n) is 5.81. The lowest BCUT2D eigenvalue weighted by Gasteiger charge is -2.23. The van der Waals surface area contributed by atoms with Gasteiger partial charge in [-0.1, -0.05) is 48.5 Å². The van der Waals surface area contributed by atoms with Gasteiger partial charge in [-0.3, -0.25) is 0 Å². The van der Waals surface area contributed by atoms with E-state index >= 15 is 0 Å². The maximum Gasteiger partial charge on any atom is 0.123 e. The predicted octanol–water partition coefficient (Wildman–Crippen LogP) is 4.76. The average molecular weight is 306 g/mol. The fraction of sp³-hybridized carbons (Fsp3) is 0.211. The summed E-state index contributed by atoms with van der Waals surface area (Å²) in [6.45, 7) is 3.25. The van der Waals surface area contributed by atoms with Crippen LogP contribution in [-0.2, 0) is 13.0 Å². The summed E-state index contributed by atoms with van der Waals surface area (Å²) in [4.78, 5) is 8.42. The van der Waals surface area contributed by atoms with E-state index in [9.17, 15) is 0 Å². The number of hydrogen-bond donors (Lipinski definition) is 0. The summed E-state index contributed by atoms with van der Waals surface area (Å²) in [6, 6.07) is 19.7. The van der Waals surface area contributed by atoms with Crippen LogP contribution >= 0.6 is 11.3 Å². The summed E-state index contributed by atoms with van der Waals surface area (Å²) in [6.07, 6.45) is 3.17. The summed E-state index contributed by atoms with van der Waals surface area (Å²) in [7, 11) is 0. The molecule has 0 bridgehead atoms. The zero-order valence-corrected chi connectivity index (χ0v) is 13.4. The molecule has 4 rings (SSSR count). The van der Waals surface area contributed by atoms with Crippen LogP contribution < -0.4 is 4.90 Å². The van der Waals surface area contributed by atoms with Gasteiger partial charge in [-0.25, -0.2) is 4.98 Å². The Bertz CT molecular complexity index is 779. The molecule has 0 radical (unpaired) electrons. The number of nitrogens with zero attached hydrogens (tertiary/aromatic N) is 2. The Kier molecular flexibility index (Phi) is 3.43. The summed E-state index contributed by atoms with van der Waals surface area (Å²) < 4.78 is 0. The molecule has 22 heavy (non-hydrogen) atoms. The zero-order valence-electron chi connectivity index (χ0n) is 12.6. The first-order chi connectivity index (χ1) is 10.8. The number of hydrogen-bond acceptors (Lipinski definition) is 3. The van der Waals surface area contributed by atoms with Crippen LogP contribution in [0.5, 0.6) is 0 Å². The van der Waals surface area contributed by atoms with Gasteiger partial charge in [0.15, 0.2) is 0 Å². The summed E-state index contributed by atoms with van der Waals surface area (Å²) in [5.74, 6) is 0. The van der Waals surface area contributed by atoms with Gasteiger partial charge in [0.2, 0.25) is 0 Å². The largest absolute Gasteiger partial charge is 0.363 e. The minimum absolute atomic E-state index is 0.555. The molecule has 2 aromatic carbocycles. The normalized spacial score (nSPS) is 16.8. The van der Waals surface area contributed by atoms with Crippen LogP contribution in [0.3, 0.4) is 0 Å². The van der Waals surface area contributed by atoms with E-state index in [0.29, 0.717) is 6.04 Å². The van der Waals surface area contributed by atoms with Crippen molar-refractivity contribution < 1.29 is 0 Å². The van der Waals surface area contributed by atoms with Crippen LogP contribution in [0, 0.1) is 0 Å². The molecule has 0 unspecified atom stereocenters. The van der Waals surface area contributed by atoms with Crippen LogP contribution in [0.4, 0.5) is 5.69 Å².